The highest BCUT2D eigenvalue weighted by atomic mass is 16.6. The van der Waals surface area contributed by atoms with Gasteiger partial charge >= 0.3 is 5.97 Å². The molecule has 0 spiro atoms. The average molecular weight is 370 g/mol. The third kappa shape index (κ3) is 4.02. The van der Waals surface area contributed by atoms with Crippen molar-refractivity contribution >= 4 is 23.4 Å². The second-order valence-corrected chi connectivity index (χ2v) is 5.98. The zero-order valence-corrected chi connectivity index (χ0v) is 14.7. The van der Waals surface area contributed by atoms with E-state index in [1.165, 1.54) is 25.4 Å². The molecule has 0 aliphatic carbocycles. The standard InChI is InChI=1S/C18H18N4O5/c1-27-18(24)14-4-2-3-13(11-14)17(23)21-9-7-20(8-10-21)16-6-5-15(12-19-16)22(25)26/h2-6,11-12H,7-10H2,1H3. The van der Waals surface area contributed by atoms with Gasteiger partial charge in [-0.15, -0.1) is 0 Å². The molecule has 0 N–H and O–H groups in total. The summed E-state index contributed by atoms with van der Waals surface area (Å²) in [6.45, 7) is 2.10. The number of carbonyl (C=O) groups excluding carboxylic acids is 2. The van der Waals surface area contributed by atoms with Crippen molar-refractivity contribution in [3.8, 4) is 0 Å². The largest absolute Gasteiger partial charge is 0.465 e. The van der Waals surface area contributed by atoms with Crippen molar-refractivity contribution in [2.24, 2.45) is 0 Å². The van der Waals surface area contributed by atoms with Crippen molar-refractivity contribution in [3.63, 3.8) is 0 Å². The molecule has 27 heavy (non-hydrogen) atoms. The maximum absolute atomic E-state index is 12.7. The van der Waals surface area contributed by atoms with Crippen molar-refractivity contribution in [1.82, 2.24) is 9.88 Å². The van der Waals surface area contributed by atoms with Gasteiger partial charge in [0.15, 0.2) is 0 Å². The van der Waals surface area contributed by atoms with Crippen LogP contribution in [0.5, 0.6) is 0 Å². The van der Waals surface area contributed by atoms with Crippen molar-refractivity contribution in [2.75, 3.05) is 38.2 Å². The average Bonchev–Trinajstić information content (AvgIpc) is 2.73. The van der Waals surface area contributed by atoms with Gasteiger partial charge in [0.25, 0.3) is 11.6 Å². The van der Waals surface area contributed by atoms with Crippen LogP contribution in [0.3, 0.4) is 0 Å². The Kier molecular flexibility index (Phi) is 5.30. The lowest BCUT2D eigenvalue weighted by molar-refractivity contribution is -0.385. The van der Waals surface area contributed by atoms with E-state index in [0.717, 1.165) is 0 Å². The molecule has 1 aliphatic rings. The molecule has 2 aromatic rings. The number of esters is 1. The van der Waals surface area contributed by atoms with E-state index >= 15 is 0 Å². The number of benzene rings is 1. The molecule has 1 aromatic carbocycles. The first-order valence-corrected chi connectivity index (χ1v) is 8.32. The van der Waals surface area contributed by atoms with Crippen molar-refractivity contribution in [3.05, 3.63) is 63.8 Å². The number of nitrogens with zero attached hydrogens (tertiary/aromatic N) is 4. The van der Waals surface area contributed by atoms with Crippen molar-refractivity contribution in [1.29, 1.82) is 0 Å². The maximum atomic E-state index is 12.7. The van der Waals surface area contributed by atoms with Gasteiger partial charge in [-0.3, -0.25) is 14.9 Å². The molecule has 0 saturated carbocycles. The fourth-order valence-corrected chi connectivity index (χ4v) is 2.89. The number of hydrogen-bond acceptors (Lipinski definition) is 7. The third-order valence-corrected chi connectivity index (χ3v) is 4.36. The van der Waals surface area contributed by atoms with Crippen molar-refractivity contribution < 1.29 is 19.2 Å². The number of piperazine rings is 1. The smallest absolute Gasteiger partial charge is 0.337 e. The Balaban J connectivity index is 1.64. The molecule has 1 fully saturated rings. The Hall–Kier alpha value is -3.49. The minimum absolute atomic E-state index is 0.0574. The highest BCUT2D eigenvalue weighted by molar-refractivity contribution is 5.98. The van der Waals surface area contributed by atoms with E-state index in [0.29, 0.717) is 43.1 Å². The van der Waals surface area contributed by atoms with E-state index in [1.54, 1.807) is 29.2 Å². The van der Waals surface area contributed by atoms with Crippen LogP contribution in [0.2, 0.25) is 0 Å². The van der Waals surface area contributed by atoms with Crippen molar-refractivity contribution in [2.45, 2.75) is 0 Å². The number of amides is 1. The summed E-state index contributed by atoms with van der Waals surface area (Å²) in [5, 5.41) is 10.7. The van der Waals surface area contributed by atoms with E-state index < -0.39 is 10.9 Å². The van der Waals surface area contributed by atoms with Crippen LogP contribution in [0.25, 0.3) is 0 Å². The fraction of sp³-hybridized carbons (Fsp3) is 0.278. The first-order chi connectivity index (χ1) is 13.0. The van der Waals surface area contributed by atoms with Crippen LogP contribution in [0, 0.1) is 10.1 Å². The number of methoxy groups -OCH3 is 1. The van der Waals surface area contributed by atoms with Crippen LogP contribution < -0.4 is 4.90 Å². The lowest BCUT2D eigenvalue weighted by atomic mass is 10.1. The lowest BCUT2D eigenvalue weighted by Gasteiger charge is -2.35. The first kappa shape index (κ1) is 18.3. The minimum atomic E-state index is -0.490. The molecule has 1 aliphatic heterocycles. The number of carbonyl (C=O) groups is 2. The summed E-state index contributed by atoms with van der Waals surface area (Å²) < 4.78 is 4.68. The summed E-state index contributed by atoms with van der Waals surface area (Å²) in [5.74, 6) is -0.00355. The molecule has 1 saturated heterocycles. The summed E-state index contributed by atoms with van der Waals surface area (Å²) in [7, 11) is 1.29. The second-order valence-electron chi connectivity index (χ2n) is 5.98. The van der Waals surface area contributed by atoms with Crippen LogP contribution in [0.1, 0.15) is 20.7 Å². The molecule has 140 valence electrons. The highest BCUT2D eigenvalue weighted by Gasteiger charge is 2.23. The van der Waals surface area contributed by atoms with Gasteiger partial charge in [-0.05, 0) is 24.3 Å². The molecule has 1 aromatic heterocycles. The Labute approximate surface area is 155 Å². The SMILES string of the molecule is COC(=O)c1cccc(C(=O)N2CCN(c3ccc([N+](=O)[O-])cn3)CC2)c1. The number of ether oxygens (including phenoxy) is 1. The Morgan fingerprint density at radius 1 is 1.11 bits per heavy atom. The molecule has 0 radical (unpaired) electrons. The normalized spacial score (nSPS) is 14.0. The van der Waals surface area contributed by atoms with Crippen LogP contribution in [-0.2, 0) is 4.74 Å². The third-order valence-electron chi connectivity index (χ3n) is 4.36. The number of hydrogen-bond donors (Lipinski definition) is 0. The predicted octanol–water partition coefficient (Wildman–Crippen LogP) is 1.74. The molecule has 2 heterocycles. The molecule has 9 heteroatoms. The van der Waals surface area contributed by atoms with Gasteiger partial charge in [-0.2, -0.15) is 0 Å². The summed E-state index contributed by atoms with van der Waals surface area (Å²) in [6.07, 6.45) is 1.23. The number of nitro groups is 1. The second kappa shape index (κ2) is 7.81. The number of aromatic nitrogens is 1. The zero-order chi connectivity index (χ0) is 19.4. The number of pyridine rings is 1. The van der Waals surface area contributed by atoms with E-state index in [-0.39, 0.29) is 11.6 Å². The molecule has 0 atom stereocenters. The van der Waals surface area contributed by atoms with Gasteiger partial charge in [0, 0.05) is 37.8 Å². The van der Waals surface area contributed by atoms with Gasteiger partial charge in [-0.1, -0.05) is 6.07 Å². The molecule has 3 rings (SSSR count). The van der Waals surface area contributed by atoms with E-state index in [9.17, 15) is 19.7 Å². The molecular formula is C18H18N4O5. The van der Waals surface area contributed by atoms with Crippen LogP contribution in [0.4, 0.5) is 11.5 Å². The molecular weight excluding hydrogens is 352 g/mol. The monoisotopic (exact) mass is 370 g/mol. The van der Waals surface area contributed by atoms with Crippen LogP contribution in [-0.4, -0.2) is 60.0 Å². The highest BCUT2D eigenvalue weighted by Crippen LogP contribution is 2.18. The van der Waals surface area contributed by atoms with Gasteiger partial charge in [0.1, 0.15) is 12.0 Å². The summed E-state index contributed by atoms with van der Waals surface area (Å²) in [6, 6.07) is 9.46. The van der Waals surface area contributed by atoms with Gasteiger partial charge in [0.2, 0.25) is 0 Å². The fourth-order valence-electron chi connectivity index (χ4n) is 2.89. The molecule has 9 nitrogen and oxygen atoms in total. The lowest BCUT2D eigenvalue weighted by Crippen LogP contribution is -2.49. The summed E-state index contributed by atoms with van der Waals surface area (Å²) in [5.41, 5.74) is 0.704. The maximum Gasteiger partial charge on any atom is 0.337 e. The van der Waals surface area contributed by atoms with E-state index in [4.69, 9.17) is 0 Å². The first-order valence-electron chi connectivity index (χ1n) is 8.32. The minimum Gasteiger partial charge on any atom is -0.465 e. The topological polar surface area (TPSA) is 106 Å². The molecule has 0 unspecified atom stereocenters. The summed E-state index contributed by atoms with van der Waals surface area (Å²) >= 11 is 0. The van der Waals surface area contributed by atoms with Crippen LogP contribution >= 0.6 is 0 Å². The number of anilines is 1. The Morgan fingerprint density at radius 2 is 1.81 bits per heavy atom. The zero-order valence-electron chi connectivity index (χ0n) is 14.7. The predicted molar refractivity (Wildman–Crippen MR) is 96.8 cm³/mol. The van der Waals surface area contributed by atoms with E-state index in [1.807, 2.05) is 4.90 Å². The Bertz CT molecular complexity index is 860. The van der Waals surface area contributed by atoms with Gasteiger partial charge in [0.05, 0.1) is 17.6 Å². The van der Waals surface area contributed by atoms with Gasteiger partial charge in [-0.25, -0.2) is 9.78 Å². The Morgan fingerprint density at radius 3 is 2.41 bits per heavy atom. The summed E-state index contributed by atoms with van der Waals surface area (Å²) in [4.78, 5) is 42.3. The van der Waals surface area contributed by atoms with Crippen LogP contribution in [0.15, 0.2) is 42.6 Å². The molecule has 0 bridgehead atoms. The van der Waals surface area contributed by atoms with E-state index in [2.05, 4.69) is 9.72 Å². The van der Waals surface area contributed by atoms with Gasteiger partial charge < -0.3 is 14.5 Å². The quantitative estimate of drug-likeness (QED) is 0.458. The molecule has 1 amide bonds. The number of rotatable bonds is 4.